The summed E-state index contributed by atoms with van der Waals surface area (Å²) in [5, 5.41) is 12.9. The molecule has 100 valence electrons. The van der Waals surface area contributed by atoms with Gasteiger partial charge in [-0.1, -0.05) is 5.11 Å². The van der Waals surface area contributed by atoms with Gasteiger partial charge in [-0.25, -0.2) is 8.78 Å². The minimum absolute atomic E-state index is 0.281. The summed E-state index contributed by atoms with van der Waals surface area (Å²) in [6, 6.07) is 1.91. The predicted molar refractivity (Wildman–Crippen MR) is 61.1 cm³/mol. The lowest BCUT2D eigenvalue weighted by Gasteiger charge is -2.23. The molecular weight excluding hydrogens is 258 g/mol. The number of halogens is 2. The Labute approximate surface area is 106 Å². The predicted octanol–water partition coefficient (Wildman–Crippen LogP) is 2.52. The van der Waals surface area contributed by atoms with Gasteiger partial charge in [-0.3, -0.25) is 4.79 Å². The minimum atomic E-state index is -1.51. The second-order valence-corrected chi connectivity index (χ2v) is 4.05. The summed E-state index contributed by atoms with van der Waals surface area (Å²) in [5.74, 6) is -2.49. The molecular formula is C11H10F2N4O2. The number of rotatable bonds is 3. The Kier molecular flexibility index (Phi) is 3.64. The summed E-state index contributed by atoms with van der Waals surface area (Å²) >= 11 is 0. The van der Waals surface area contributed by atoms with Crippen LogP contribution in [0, 0.1) is 11.6 Å². The summed E-state index contributed by atoms with van der Waals surface area (Å²) in [6.07, 6.45) is -0.659. The van der Waals surface area contributed by atoms with Crippen molar-refractivity contribution in [2.75, 3.05) is 6.54 Å². The first-order chi connectivity index (χ1) is 9.06. The number of benzene rings is 1. The SMILES string of the molecule is [N-]=[N+]=Nc1c(F)ccc(C(O)N2CCCC2=O)c1F. The maximum Gasteiger partial charge on any atom is 0.224 e. The summed E-state index contributed by atoms with van der Waals surface area (Å²) in [4.78, 5) is 14.9. The van der Waals surface area contributed by atoms with Crippen LogP contribution in [0.25, 0.3) is 10.4 Å². The molecule has 1 heterocycles. The smallest absolute Gasteiger partial charge is 0.224 e. The second-order valence-electron chi connectivity index (χ2n) is 4.05. The van der Waals surface area contributed by atoms with E-state index < -0.39 is 23.5 Å². The number of aliphatic hydroxyl groups excluding tert-OH is 1. The van der Waals surface area contributed by atoms with Crippen molar-refractivity contribution in [2.45, 2.75) is 19.1 Å². The molecule has 1 fully saturated rings. The maximum atomic E-state index is 13.9. The Bertz CT molecular complexity index is 572. The van der Waals surface area contributed by atoms with Crippen molar-refractivity contribution in [2.24, 2.45) is 5.11 Å². The monoisotopic (exact) mass is 268 g/mol. The Morgan fingerprint density at radius 2 is 2.21 bits per heavy atom. The summed E-state index contributed by atoms with van der Waals surface area (Å²) in [6.45, 7) is 0.299. The Hall–Kier alpha value is -2.18. The third kappa shape index (κ3) is 2.35. The van der Waals surface area contributed by atoms with Crippen LogP contribution in [0.2, 0.25) is 0 Å². The number of carbonyl (C=O) groups is 1. The highest BCUT2D eigenvalue weighted by molar-refractivity contribution is 5.78. The summed E-state index contributed by atoms with van der Waals surface area (Å²) in [5.41, 5.74) is 7.14. The zero-order valence-corrected chi connectivity index (χ0v) is 9.75. The van der Waals surface area contributed by atoms with E-state index in [0.717, 1.165) is 17.0 Å². The van der Waals surface area contributed by atoms with Crippen LogP contribution in [0.4, 0.5) is 14.5 Å². The zero-order valence-electron chi connectivity index (χ0n) is 9.75. The van der Waals surface area contributed by atoms with Gasteiger partial charge in [0.2, 0.25) is 5.91 Å². The topological polar surface area (TPSA) is 89.3 Å². The first-order valence-electron chi connectivity index (χ1n) is 5.56. The van der Waals surface area contributed by atoms with Crippen molar-refractivity contribution in [1.29, 1.82) is 0 Å². The van der Waals surface area contributed by atoms with Crippen molar-refractivity contribution in [3.05, 3.63) is 39.8 Å². The molecule has 19 heavy (non-hydrogen) atoms. The van der Waals surface area contributed by atoms with Gasteiger partial charge < -0.3 is 10.0 Å². The van der Waals surface area contributed by atoms with Gasteiger partial charge in [0.25, 0.3) is 0 Å². The molecule has 1 N–H and O–H groups in total. The zero-order chi connectivity index (χ0) is 14.0. The average molecular weight is 268 g/mol. The Morgan fingerprint density at radius 1 is 1.47 bits per heavy atom. The molecule has 0 aromatic heterocycles. The van der Waals surface area contributed by atoms with Crippen LogP contribution < -0.4 is 0 Å². The first-order valence-corrected chi connectivity index (χ1v) is 5.56. The van der Waals surface area contributed by atoms with Crippen LogP contribution in [0.5, 0.6) is 0 Å². The van der Waals surface area contributed by atoms with Gasteiger partial charge in [0.15, 0.2) is 6.23 Å². The molecule has 1 aliphatic heterocycles. The lowest BCUT2D eigenvalue weighted by molar-refractivity contribution is -0.136. The third-order valence-corrected chi connectivity index (χ3v) is 2.92. The van der Waals surface area contributed by atoms with E-state index in [0.29, 0.717) is 13.0 Å². The van der Waals surface area contributed by atoms with Crippen molar-refractivity contribution in [3.8, 4) is 0 Å². The first kappa shape index (κ1) is 13.3. The molecule has 2 rings (SSSR count). The van der Waals surface area contributed by atoms with Crippen molar-refractivity contribution in [3.63, 3.8) is 0 Å². The molecule has 1 unspecified atom stereocenters. The van der Waals surface area contributed by atoms with Crippen LogP contribution in [-0.4, -0.2) is 22.5 Å². The lowest BCUT2D eigenvalue weighted by atomic mass is 10.1. The van der Waals surface area contributed by atoms with Crippen molar-refractivity contribution in [1.82, 2.24) is 4.90 Å². The van der Waals surface area contributed by atoms with E-state index in [2.05, 4.69) is 10.0 Å². The third-order valence-electron chi connectivity index (χ3n) is 2.92. The van der Waals surface area contributed by atoms with Crippen LogP contribution >= 0.6 is 0 Å². The number of carbonyl (C=O) groups excluding carboxylic acids is 1. The fraction of sp³-hybridized carbons (Fsp3) is 0.364. The molecule has 1 aromatic rings. The van der Waals surface area contributed by atoms with Crippen LogP contribution in [0.3, 0.4) is 0 Å². The second kappa shape index (κ2) is 5.21. The molecule has 0 spiro atoms. The number of aliphatic hydroxyl groups is 1. The molecule has 8 heteroatoms. The summed E-state index contributed by atoms with van der Waals surface area (Å²) < 4.78 is 27.2. The average Bonchev–Trinajstić information content (AvgIpc) is 2.80. The van der Waals surface area contributed by atoms with E-state index in [1.54, 1.807) is 0 Å². The van der Waals surface area contributed by atoms with E-state index in [4.69, 9.17) is 5.53 Å². The number of nitrogens with zero attached hydrogens (tertiary/aromatic N) is 4. The molecule has 6 nitrogen and oxygen atoms in total. The van der Waals surface area contributed by atoms with Crippen molar-refractivity contribution >= 4 is 11.6 Å². The van der Waals surface area contributed by atoms with Gasteiger partial charge >= 0.3 is 0 Å². The molecule has 1 aromatic carbocycles. The fourth-order valence-corrected chi connectivity index (χ4v) is 1.99. The molecule has 1 amide bonds. The normalized spacial score (nSPS) is 16.4. The quantitative estimate of drug-likeness (QED) is 0.518. The van der Waals surface area contributed by atoms with E-state index >= 15 is 0 Å². The molecule has 0 aliphatic carbocycles. The molecule has 0 saturated carbocycles. The standard InChI is InChI=1S/C11H10F2N4O2/c12-7-4-3-6(9(13)10(7)15-16-14)11(19)17-5-1-2-8(17)18/h3-4,11,19H,1-2,5H2. The van der Waals surface area contributed by atoms with Gasteiger partial charge in [0, 0.05) is 23.4 Å². The maximum absolute atomic E-state index is 13.9. The lowest BCUT2D eigenvalue weighted by Crippen LogP contribution is -2.30. The number of hydrogen-bond acceptors (Lipinski definition) is 3. The van der Waals surface area contributed by atoms with Crippen LogP contribution in [-0.2, 0) is 4.79 Å². The van der Waals surface area contributed by atoms with Gasteiger partial charge in [-0.05, 0) is 24.1 Å². The Balaban J connectivity index is 2.42. The highest BCUT2D eigenvalue weighted by Gasteiger charge is 2.30. The van der Waals surface area contributed by atoms with E-state index in [9.17, 15) is 18.7 Å². The number of amides is 1. The van der Waals surface area contributed by atoms with E-state index in [-0.39, 0.29) is 17.9 Å². The van der Waals surface area contributed by atoms with Gasteiger partial charge in [0.05, 0.1) is 0 Å². The fourth-order valence-electron chi connectivity index (χ4n) is 1.99. The molecule has 0 bridgehead atoms. The van der Waals surface area contributed by atoms with Gasteiger partial charge in [-0.15, -0.1) is 0 Å². The molecule has 1 atom stereocenters. The van der Waals surface area contributed by atoms with E-state index in [1.807, 2.05) is 0 Å². The number of hydrogen-bond donors (Lipinski definition) is 1. The van der Waals surface area contributed by atoms with E-state index in [1.165, 1.54) is 0 Å². The van der Waals surface area contributed by atoms with Gasteiger partial charge in [-0.2, -0.15) is 0 Å². The Morgan fingerprint density at radius 3 is 2.79 bits per heavy atom. The van der Waals surface area contributed by atoms with Crippen LogP contribution in [0.1, 0.15) is 24.6 Å². The largest absolute Gasteiger partial charge is 0.369 e. The van der Waals surface area contributed by atoms with Crippen LogP contribution in [0.15, 0.2) is 17.2 Å². The molecule has 1 saturated heterocycles. The number of azide groups is 1. The minimum Gasteiger partial charge on any atom is -0.369 e. The highest BCUT2D eigenvalue weighted by atomic mass is 19.1. The van der Waals surface area contributed by atoms with Gasteiger partial charge in [0.1, 0.15) is 17.3 Å². The summed E-state index contributed by atoms with van der Waals surface area (Å²) in [7, 11) is 0. The molecule has 0 radical (unpaired) electrons. The van der Waals surface area contributed by atoms with Crippen molar-refractivity contribution < 1.29 is 18.7 Å². The highest BCUT2D eigenvalue weighted by Crippen LogP contribution is 2.31. The molecule has 1 aliphatic rings. The number of likely N-dealkylation sites (tertiary alicyclic amines) is 1.